The van der Waals surface area contributed by atoms with Crippen molar-refractivity contribution in [3.8, 4) is 0 Å². The minimum atomic E-state index is -4.33. The molecule has 2 rings (SSSR count). The molecular weight excluding hydrogens is 311 g/mol. The Kier molecular flexibility index (Phi) is 5.24. The van der Waals surface area contributed by atoms with Crippen LogP contribution in [0.25, 0.3) is 0 Å². The molecule has 0 spiro atoms. The number of alkyl halides is 3. The molecule has 0 aliphatic rings. The summed E-state index contributed by atoms with van der Waals surface area (Å²) < 4.78 is 37.4. The van der Waals surface area contributed by atoms with Crippen LogP contribution in [0.2, 0.25) is 0 Å². The van der Waals surface area contributed by atoms with Gasteiger partial charge < -0.3 is 4.90 Å². The van der Waals surface area contributed by atoms with Gasteiger partial charge in [0.1, 0.15) is 0 Å². The molecule has 0 bridgehead atoms. The van der Waals surface area contributed by atoms with E-state index in [1.165, 1.54) is 17.0 Å². The molecule has 118 valence electrons. The molecule has 22 heavy (non-hydrogen) atoms. The largest absolute Gasteiger partial charge is 0.416 e. The van der Waals surface area contributed by atoms with E-state index in [-0.39, 0.29) is 5.91 Å². The highest BCUT2D eigenvalue weighted by Crippen LogP contribution is 2.29. The minimum Gasteiger partial charge on any atom is -0.341 e. The fourth-order valence-electron chi connectivity index (χ4n) is 2.04. The van der Waals surface area contributed by atoms with Gasteiger partial charge in [0.15, 0.2) is 0 Å². The molecule has 0 fully saturated rings. The lowest BCUT2D eigenvalue weighted by molar-refractivity contribution is -0.137. The highest BCUT2D eigenvalue weighted by atomic mass is 32.1. The van der Waals surface area contributed by atoms with Gasteiger partial charge in [-0.15, -0.1) is 11.3 Å². The van der Waals surface area contributed by atoms with Crippen LogP contribution in [0.1, 0.15) is 22.4 Å². The first-order chi connectivity index (χ1) is 10.4. The van der Waals surface area contributed by atoms with Gasteiger partial charge in [-0.2, -0.15) is 13.2 Å². The maximum Gasteiger partial charge on any atom is 0.416 e. The van der Waals surface area contributed by atoms with E-state index in [2.05, 4.69) is 0 Å². The van der Waals surface area contributed by atoms with Gasteiger partial charge in [0.05, 0.1) is 5.56 Å². The second-order valence-electron chi connectivity index (χ2n) is 5.02. The molecule has 6 heteroatoms. The zero-order valence-electron chi connectivity index (χ0n) is 12.1. The first-order valence-electron chi connectivity index (χ1n) is 6.79. The van der Waals surface area contributed by atoms with Gasteiger partial charge in [-0.1, -0.05) is 18.2 Å². The summed E-state index contributed by atoms with van der Waals surface area (Å²) in [7, 11) is 1.66. The average Bonchev–Trinajstić information content (AvgIpc) is 2.97. The van der Waals surface area contributed by atoms with Crippen LogP contribution < -0.4 is 0 Å². The van der Waals surface area contributed by atoms with Crippen molar-refractivity contribution in [3.63, 3.8) is 0 Å². The fraction of sp³-hybridized carbons (Fsp3) is 0.312. The molecule has 0 N–H and O–H groups in total. The van der Waals surface area contributed by atoms with Crippen molar-refractivity contribution < 1.29 is 18.0 Å². The van der Waals surface area contributed by atoms with Crippen LogP contribution in [0.3, 0.4) is 0 Å². The molecule has 0 aliphatic carbocycles. The Morgan fingerprint density at radius 3 is 2.41 bits per heavy atom. The number of carbonyl (C=O) groups is 1. The zero-order valence-corrected chi connectivity index (χ0v) is 12.9. The summed E-state index contributed by atoms with van der Waals surface area (Å²) in [6.45, 7) is 0.307. The monoisotopic (exact) mass is 327 g/mol. The Morgan fingerprint density at radius 2 is 1.86 bits per heavy atom. The Balaban J connectivity index is 1.88. The summed E-state index contributed by atoms with van der Waals surface area (Å²) in [5.41, 5.74) is 0.00268. The lowest BCUT2D eigenvalue weighted by Gasteiger charge is -2.17. The number of rotatable bonds is 5. The predicted molar refractivity (Wildman–Crippen MR) is 80.6 cm³/mol. The number of carbonyl (C=O) groups excluding carboxylic acids is 1. The summed E-state index contributed by atoms with van der Waals surface area (Å²) in [5.74, 6) is -0.0201. The van der Waals surface area contributed by atoms with Crippen molar-refractivity contribution in [2.75, 3.05) is 7.05 Å². The topological polar surface area (TPSA) is 20.3 Å². The highest BCUT2D eigenvalue weighted by Gasteiger charge is 2.29. The van der Waals surface area contributed by atoms with E-state index in [4.69, 9.17) is 0 Å². The molecule has 0 saturated heterocycles. The second-order valence-corrected chi connectivity index (χ2v) is 6.06. The third-order valence-corrected chi connectivity index (χ3v) is 4.23. The standard InChI is InChI=1S/C16H16F3NOS/c1-20(15(21)9-8-14-3-2-10-22-14)11-12-4-6-13(7-5-12)16(17,18)19/h2-7,10H,8-9,11H2,1H3. The van der Waals surface area contributed by atoms with E-state index >= 15 is 0 Å². The number of hydrogen-bond acceptors (Lipinski definition) is 2. The van der Waals surface area contributed by atoms with Crippen LogP contribution in [-0.2, 0) is 23.9 Å². The van der Waals surface area contributed by atoms with Gasteiger partial charge in [-0.25, -0.2) is 0 Å². The molecule has 2 nitrogen and oxygen atoms in total. The van der Waals surface area contributed by atoms with Crippen LogP contribution in [0.15, 0.2) is 41.8 Å². The fourth-order valence-corrected chi connectivity index (χ4v) is 2.75. The number of thiophene rings is 1. The van der Waals surface area contributed by atoms with Crippen LogP contribution in [0.5, 0.6) is 0 Å². The van der Waals surface area contributed by atoms with Gasteiger partial charge >= 0.3 is 6.18 Å². The van der Waals surface area contributed by atoms with Crippen molar-refractivity contribution in [2.24, 2.45) is 0 Å². The molecule has 0 saturated carbocycles. The zero-order chi connectivity index (χ0) is 16.2. The van der Waals surface area contributed by atoms with Gasteiger partial charge in [0, 0.05) is 24.9 Å². The Hall–Kier alpha value is -1.82. The van der Waals surface area contributed by atoms with Crippen molar-refractivity contribution in [3.05, 3.63) is 57.8 Å². The van der Waals surface area contributed by atoms with Gasteiger partial charge in [0.25, 0.3) is 0 Å². The molecule has 0 aliphatic heterocycles. The molecule has 1 aromatic carbocycles. The smallest absolute Gasteiger partial charge is 0.341 e. The third-order valence-electron chi connectivity index (χ3n) is 3.29. The Morgan fingerprint density at radius 1 is 1.18 bits per heavy atom. The van der Waals surface area contributed by atoms with E-state index in [0.717, 1.165) is 17.0 Å². The Bertz CT molecular complexity index is 605. The summed E-state index contributed by atoms with van der Waals surface area (Å²) in [6, 6.07) is 8.82. The minimum absolute atomic E-state index is 0.0201. The van der Waals surface area contributed by atoms with E-state index in [9.17, 15) is 18.0 Å². The molecule has 1 aromatic heterocycles. The van der Waals surface area contributed by atoms with Gasteiger partial charge in [0.2, 0.25) is 5.91 Å². The molecule has 0 radical (unpaired) electrons. The van der Waals surface area contributed by atoms with Crippen molar-refractivity contribution in [1.82, 2.24) is 4.90 Å². The number of halogens is 3. The number of amides is 1. The summed E-state index contributed by atoms with van der Waals surface area (Å²) >= 11 is 1.61. The highest BCUT2D eigenvalue weighted by molar-refractivity contribution is 7.09. The molecule has 0 atom stereocenters. The average molecular weight is 327 g/mol. The van der Waals surface area contributed by atoms with Crippen LogP contribution >= 0.6 is 11.3 Å². The summed E-state index contributed by atoms with van der Waals surface area (Å²) in [6.07, 6.45) is -3.24. The van der Waals surface area contributed by atoms with Crippen LogP contribution in [0.4, 0.5) is 13.2 Å². The van der Waals surface area contributed by atoms with Gasteiger partial charge in [-0.05, 0) is 35.6 Å². The lowest BCUT2D eigenvalue weighted by Crippen LogP contribution is -2.26. The van der Waals surface area contributed by atoms with Crippen LogP contribution in [-0.4, -0.2) is 17.9 Å². The van der Waals surface area contributed by atoms with E-state index < -0.39 is 11.7 Å². The molecule has 1 heterocycles. The predicted octanol–water partition coefficient (Wildman–Crippen LogP) is 4.36. The maximum absolute atomic E-state index is 12.5. The molecule has 1 amide bonds. The second kappa shape index (κ2) is 6.96. The van der Waals surface area contributed by atoms with Crippen molar-refractivity contribution in [2.45, 2.75) is 25.6 Å². The van der Waals surface area contributed by atoms with Crippen molar-refractivity contribution in [1.29, 1.82) is 0 Å². The number of aryl methyl sites for hydroxylation is 1. The first kappa shape index (κ1) is 16.5. The van der Waals surface area contributed by atoms with E-state index in [1.807, 2.05) is 17.5 Å². The number of benzene rings is 1. The lowest BCUT2D eigenvalue weighted by atomic mass is 10.1. The maximum atomic E-state index is 12.5. The summed E-state index contributed by atoms with van der Waals surface area (Å²) in [4.78, 5) is 14.7. The van der Waals surface area contributed by atoms with E-state index in [1.54, 1.807) is 18.4 Å². The SMILES string of the molecule is CN(Cc1ccc(C(F)(F)F)cc1)C(=O)CCc1cccs1. The normalized spacial score (nSPS) is 11.5. The molecular formula is C16H16F3NOS. The third kappa shape index (κ3) is 4.59. The quantitative estimate of drug-likeness (QED) is 0.799. The number of nitrogens with zero attached hydrogens (tertiary/aromatic N) is 1. The molecule has 0 unspecified atom stereocenters. The van der Waals surface area contributed by atoms with Crippen molar-refractivity contribution >= 4 is 17.2 Å². The molecule has 2 aromatic rings. The summed E-state index contributed by atoms with van der Waals surface area (Å²) in [5, 5.41) is 1.96. The van der Waals surface area contributed by atoms with Gasteiger partial charge in [-0.3, -0.25) is 4.79 Å². The first-order valence-corrected chi connectivity index (χ1v) is 7.66. The Labute approximate surface area is 131 Å². The van der Waals surface area contributed by atoms with Crippen LogP contribution in [0, 0.1) is 0 Å². The van der Waals surface area contributed by atoms with E-state index in [0.29, 0.717) is 24.9 Å². The number of hydrogen-bond donors (Lipinski definition) is 0.